The predicted molar refractivity (Wildman–Crippen MR) is 103 cm³/mol. The van der Waals surface area contributed by atoms with Crippen molar-refractivity contribution in [3.63, 3.8) is 0 Å². The normalized spacial score (nSPS) is 11.2. The Hall–Kier alpha value is -2.61. The van der Waals surface area contributed by atoms with Crippen molar-refractivity contribution < 1.29 is 27.9 Å². The molecule has 0 aliphatic rings. The topological polar surface area (TPSA) is 72.5 Å². The van der Waals surface area contributed by atoms with Crippen molar-refractivity contribution in [3.05, 3.63) is 51.4 Å². The SMILES string of the molecule is Cc1sc(NC(=O)C(C)(C)C)c(C(=O)OCC(=O)c2ccc(F)c(F)c2)c1C. The Kier molecular flexibility index (Phi) is 6.34. The van der Waals surface area contributed by atoms with E-state index in [4.69, 9.17) is 4.74 Å². The molecular formula is C20H21F2NO4S. The third-order valence-corrected chi connectivity index (χ3v) is 5.20. The highest BCUT2D eigenvalue weighted by atomic mass is 32.1. The van der Waals surface area contributed by atoms with Crippen molar-refractivity contribution in [3.8, 4) is 0 Å². The molecular weight excluding hydrogens is 388 g/mol. The van der Waals surface area contributed by atoms with Crippen LogP contribution in [0.2, 0.25) is 0 Å². The molecule has 0 fully saturated rings. The summed E-state index contributed by atoms with van der Waals surface area (Å²) in [5.41, 5.74) is 0.0548. The van der Waals surface area contributed by atoms with Gasteiger partial charge in [0, 0.05) is 15.9 Å². The smallest absolute Gasteiger partial charge is 0.341 e. The fraction of sp³-hybridized carbons (Fsp3) is 0.350. The number of ether oxygens (including phenoxy) is 1. The van der Waals surface area contributed by atoms with Gasteiger partial charge in [0.25, 0.3) is 0 Å². The first-order valence-corrected chi connectivity index (χ1v) is 9.30. The van der Waals surface area contributed by atoms with Gasteiger partial charge in [-0.2, -0.15) is 0 Å². The summed E-state index contributed by atoms with van der Waals surface area (Å²) >= 11 is 1.24. The van der Waals surface area contributed by atoms with Crippen molar-refractivity contribution in [2.75, 3.05) is 11.9 Å². The monoisotopic (exact) mass is 409 g/mol. The number of hydrogen-bond donors (Lipinski definition) is 1. The van der Waals surface area contributed by atoms with Gasteiger partial charge in [-0.05, 0) is 37.6 Å². The number of Topliss-reactive ketones (excluding diaryl/α,β-unsaturated/α-hetero) is 1. The highest BCUT2D eigenvalue weighted by Gasteiger charge is 2.27. The van der Waals surface area contributed by atoms with Crippen LogP contribution in [0, 0.1) is 30.9 Å². The quantitative estimate of drug-likeness (QED) is 0.576. The van der Waals surface area contributed by atoms with E-state index >= 15 is 0 Å². The number of nitrogens with one attached hydrogen (secondary N) is 1. The van der Waals surface area contributed by atoms with Crippen molar-refractivity contribution in [1.82, 2.24) is 0 Å². The van der Waals surface area contributed by atoms with Crippen LogP contribution in [0.4, 0.5) is 13.8 Å². The molecule has 2 rings (SSSR count). The Morgan fingerprint density at radius 2 is 1.75 bits per heavy atom. The van der Waals surface area contributed by atoms with E-state index in [9.17, 15) is 23.2 Å². The number of hydrogen-bond acceptors (Lipinski definition) is 5. The number of rotatable bonds is 5. The van der Waals surface area contributed by atoms with Gasteiger partial charge in [-0.15, -0.1) is 11.3 Å². The molecule has 0 saturated carbocycles. The third kappa shape index (κ3) is 4.81. The maximum atomic E-state index is 13.3. The average Bonchev–Trinajstić information content (AvgIpc) is 2.88. The summed E-state index contributed by atoms with van der Waals surface area (Å²) < 4.78 is 31.3. The lowest BCUT2D eigenvalue weighted by atomic mass is 9.96. The van der Waals surface area contributed by atoms with Crippen molar-refractivity contribution >= 4 is 34.0 Å². The zero-order chi connectivity index (χ0) is 21.2. The number of carbonyl (C=O) groups is 3. The minimum Gasteiger partial charge on any atom is -0.454 e. The second-order valence-electron chi connectivity index (χ2n) is 7.32. The van der Waals surface area contributed by atoms with Crippen LogP contribution in [0.1, 0.15) is 51.9 Å². The Balaban J connectivity index is 2.16. The van der Waals surface area contributed by atoms with E-state index in [0.717, 1.165) is 23.1 Å². The van der Waals surface area contributed by atoms with Crippen LogP contribution in [0.15, 0.2) is 18.2 Å². The maximum Gasteiger partial charge on any atom is 0.341 e. The lowest BCUT2D eigenvalue weighted by Gasteiger charge is -2.17. The van der Waals surface area contributed by atoms with Gasteiger partial charge in [-0.3, -0.25) is 9.59 Å². The minimum atomic E-state index is -1.16. The van der Waals surface area contributed by atoms with E-state index in [2.05, 4.69) is 5.32 Å². The lowest BCUT2D eigenvalue weighted by Crippen LogP contribution is -2.28. The molecule has 28 heavy (non-hydrogen) atoms. The number of thiophene rings is 1. The summed E-state index contributed by atoms with van der Waals surface area (Å²) in [5, 5.41) is 3.08. The van der Waals surface area contributed by atoms with E-state index in [0.29, 0.717) is 10.6 Å². The van der Waals surface area contributed by atoms with Gasteiger partial charge in [0.1, 0.15) is 5.00 Å². The van der Waals surface area contributed by atoms with Crippen LogP contribution in [-0.2, 0) is 9.53 Å². The number of aryl methyl sites for hydroxylation is 1. The number of esters is 1. The Labute approximate surface area is 165 Å². The predicted octanol–water partition coefficient (Wildman–Crippen LogP) is 4.67. The third-order valence-electron chi connectivity index (χ3n) is 4.07. The zero-order valence-corrected chi connectivity index (χ0v) is 17.1. The fourth-order valence-electron chi connectivity index (χ4n) is 2.21. The molecule has 0 spiro atoms. The second kappa shape index (κ2) is 8.18. The lowest BCUT2D eigenvalue weighted by molar-refractivity contribution is -0.123. The first-order chi connectivity index (χ1) is 12.9. The molecule has 0 aliphatic heterocycles. The molecule has 0 aliphatic carbocycles. The first-order valence-electron chi connectivity index (χ1n) is 8.48. The highest BCUT2D eigenvalue weighted by Crippen LogP contribution is 2.34. The molecule has 8 heteroatoms. The summed E-state index contributed by atoms with van der Waals surface area (Å²) in [6, 6.07) is 2.70. The zero-order valence-electron chi connectivity index (χ0n) is 16.2. The van der Waals surface area contributed by atoms with E-state index in [-0.39, 0.29) is 17.0 Å². The van der Waals surface area contributed by atoms with Crippen LogP contribution < -0.4 is 5.32 Å². The summed E-state index contributed by atoms with van der Waals surface area (Å²) in [6.07, 6.45) is 0. The number of halogens is 2. The molecule has 1 aromatic carbocycles. The van der Waals surface area contributed by atoms with Gasteiger partial charge in [-0.25, -0.2) is 13.6 Å². The van der Waals surface area contributed by atoms with Crippen LogP contribution in [-0.4, -0.2) is 24.3 Å². The van der Waals surface area contributed by atoms with Crippen LogP contribution in [0.3, 0.4) is 0 Å². The van der Waals surface area contributed by atoms with Crippen molar-refractivity contribution in [1.29, 1.82) is 0 Å². The summed E-state index contributed by atoms with van der Waals surface area (Å²) in [4.78, 5) is 37.7. The number of carbonyl (C=O) groups excluding carboxylic acids is 3. The van der Waals surface area contributed by atoms with E-state index in [1.165, 1.54) is 11.3 Å². The Morgan fingerprint density at radius 1 is 1.11 bits per heavy atom. The minimum absolute atomic E-state index is 0.105. The van der Waals surface area contributed by atoms with Gasteiger partial charge in [-0.1, -0.05) is 20.8 Å². The number of anilines is 1. The molecule has 150 valence electrons. The molecule has 5 nitrogen and oxygen atoms in total. The van der Waals surface area contributed by atoms with E-state index in [1.807, 2.05) is 0 Å². The molecule has 0 bridgehead atoms. The number of benzene rings is 1. The van der Waals surface area contributed by atoms with Crippen molar-refractivity contribution in [2.24, 2.45) is 5.41 Å². The molecule has 1 N–H and O–H groups in total. The van der Waals surface area contributed by atoms with Crippen LogP contribution >= 0.6 is 11.3 Å². The second-order valence-corrected chi connectivity index (χ2v) is 8.54. The first kappa shape index (κ1) is 21.7. The average molecular weight is 409 g/mol. The van der Waals surface area contributed by atoms with E-state index < -0.39 is 35.4 Å². The van der Waals surface area contributed by atoms with E-state index in [1.54, 1.807) is 34.6 Å². The van der Waals surface area contributed by atoms with Gasteiger partial charge in [0.05, 0.1) is 5.56 Å². The molecule has 0 saturated heterocycles. The Morgan fingerprint density at radius 3 is 2.32 bits per heavy atom. The molecule has 1 amide bonds. The maximum absolute atomic E-state index is 13.3. The van der Waals surface area contributed by atoms with Crippen LogP contribution in [0.5, 0.6) is 0 Å². The highest BCUT2D eigenvalue weighted by molar-refractivity contribution is 7.16. The summed E-state index contributed by atoms with van der Waals surface area (Å²) in [6.45, 7) is 8.11. The van der Waals surface area contributed by atoms with Crippen molar-refractivity contribution in [2.45, 2.75) is 34.6 Å². The molecule has 1 aromatic heterocycles. The molecule has 1 heterocycles. The van der Waals surface area contributed by atoms with Gasteiger partial charge in [0.2, 0.25) is 5.91 Å². The standard InChI is InChI=1S/C20H21F2NO4S/c1-10-11(2)28-17(23-19(26)20(3,4)5)16(10)18(25)27-9-15(24)12-6-7-13(21)14(22)8-12/h6-8H,9H2,1-5H3,(H,23,26). The van der Waals surface area contributed by atoms with Gasteiger partial charge < -0.3 is 10.1 Å². The summed E-state index contributed by atoms with van der Waals surface area (Å²) in [5.74, 6) is -3.94. The fourth-order valence-corrected chi connectivity index (χ4v) is 3.25. The number of ketones is 1. The summed E-state index contributed by atoms with van der Waals surface area (Å²) in [7, 11) is 0. The van der Waals surface area contributed by atoms with Crippen LogP contribution in [0.25, 0.3) is 0 Å². The molecule has 0 radical (unpaired) electrons. The molecule has 0 atom stereocenters. The molecule has 0 unspecified atom stereocenters. The number of amides is 1. The Bertz CT molecular complexity index is 944. The molecule has 2 aromatic rings. The largest absolute Gasteiger partial charge is 0.454 e. The van der Waals surface area contributed by atoms with Gasteiger partial charge in [0.15, 0.2) is 24.0 Å². The van der Waals surface area contributed by atoms with Gasteiger partial charge >= 0.3 is 5.97 Å².